The van der Waals surface area contributed by atoms with Gasteiger partial charge in [-0.3, -0.25) is 0 Å². The minimum Gasteiger partial charge on any atom is -0.496 e. The summed E-state index contributed by atoms with van der Waals surface area (Å²) < 4.78 is 33.1. The fourth-order valence-corrected chi connectivity index (χ4v) is 4.13. The molecule has 0 amide bonds. The summed E-state index contributed by atoms with van der Waals surface area (Å²) in [5, 5.41) is 0. The van der Waals surface area contributed by atoms with Crippen molar-refractivity contribution in [2.24, 2.45) is 5.92 Å². The topological polar surface area (TPSA) is 55.4 Å². The zero-order valence-corrected chi connectivity index (χ0v) is 19.6. The lowest BCUT2D eigenvalue weighted by atomic mass is 9.78. The zero-order valence-electron chi connectivity index (χ0n) is 19.6. The number of hydrogen-bond acceptors (Lipinski definition) is 6. The lowest BCUT2D eigenvalue weighted by Crippen LogP contribution is -2.13. The third-order valence-electron chi connectivity index (χ3n) is 5.83. The Morgan fingerprint density at radius 1 is 0.656 bits per heavy atom. The van der Waals surface area contributed by atoms with E-state index in [2.05, 4.69) is 24.3 Å². The van der Waals surface area contributed by atoms with Gasteiger partial charge in [-0.15, -0.1) is 0 Å². The maximum Gasteiger partial charge on any atom is 0.164 e. The molecule has 2 aromatic rings. The van der Waals surface area contributed by atoms with Crippen LogP contribution < -0.4 is 28.4 Å². The Hall–Kier alpha value is -3.28. The minimum absolute atomic E-state index is 0.140. The van der Waals surface area contributed by atoms with Gasteiger partial charge in [-0.05, 0) is 30.9 Å². The zero-order chi connectivity index (χ0) is 23.1. The Morgan fingerprint density at radius 2 is 1.19 bits per heavy atom. The number of methoxy groups -OCH3 is 6. The van der Waals surface area contributed by atoms with Gasteiger partial charge in [0.15, 0.2) is 23.0 Å². The lowest BCUT2D eigenvalue weighted by molar-refractivity contribution is 0.345. The molecule has 0 saturated heterocycles. The van der Waals surface area contributed by atoms with Crippen LogP contribution in [0.4, 0.5) is 0 Å². The fraction of sp³-hybridized carbons (Fsp3) is 0.385. The highest BCUT2D eigenvalue weighted by atomic mass is 16.5. The van der Waals surface area contributed by atoms with Crippen LogP contribution in [0.15, 0.2) is 42.5 Å². The molecule has 0 fully saturated rings. The quantitative estimate of drug-likeness (QED) is 0.480. The van der Waals surface area contributed by atoms with Crippen LogP contribution in [0.3, 0.4) is 0 Å². The van der Waals surface area contributed by atoms with Crippen molar-refractivity contribution in [3.8, 4) is 34.5 Å². The molecule has 0 radical (unpaired) electrons. The lowest BCUT2D eigenvalue weighted by Gasteiger charge is -2.28. The van der Waals surface area contributed by atoms with E-state index in [9.17, 15) is 0 Å². The number of benzene rings is 2. The second-order valence-corrected chi connectivity index (χ2v) is 7.45. The number of hydrogen-bond donors (Lipinski definition) is 0. The van der Waals surface area contributed by atoms with Gasteiger partial charge in [0, 0.05) is 29.2 Å². The third kappa shape index (κ3) is 4.79. The van der Waals surface area contributed by atoms with E-state index in [1.165, 1.54) is 0 Å². The maximum atomic E-state index is 5.70. The molecule has 0 bridgehead atoms. The van der Waals surface area contributed by atoms with Crippen LogP contribution in [0.25, 0.3) is 6.08 Å². The summed E-state index contributed by atoms with van der Waals surface area (Å²) in [5.41, 5.74) is 1.99. The Bertz CT molecular complexity index is 979. The van der Waals surface area contributed by atoms with Crippen LogP contribution in [0.5, 0.6) is 34.5 Å². The minimum atomic E-state index is 0.140. The van der Waals surface area contributed by atoms with Crippen LogP contribution in [0, 0.1) is 5.92 Å². The number of allylic oxidation sites excluding steroid dienone is 3. The summed E-state index contributed by atoms with van der Waals surface area (Å²) in [6.07, 6.45) is 10.8. The molecule has 0 heterocycles. The van der Waals surface area contributed by atoms with Gasteiger partial charge in [0.1, 0.15) is 11.5 Å². The Kier molecular flexibility index (Phi) is 7.92. The third-order valence-corrected chi connectivity index (χ3v) is 5.83. The summed E-state index contributed by atoms with van der Waals surface area (Å²) in [7, 11) is 9.84. The van der Waals surface area contributed by atoms with Crippen molar-refractivity contribution in [2.75, 3.05) is 42.7 Å². The number of ether oxygens (including phenoxy) is 6. The first kappa shape index (κ1) is 23.4. The molecule has 2 atom stereocenters. The van der Waals surface area contributed by atoms with Crippen molar-refractivity contribution in [3.63, 3.8) is 0 Å². The van der Waals surface area contributed by atoms with Crippen molar-refractivity contribution < 1.29 is 28.4 Å². The molecule has 1 aliphatic rings. The molecular formula is C26H32O6. The first-order chi connectivity index (χ1) is 15.6. The van der Waals surface area contributed by atoms with Gasteiger partial charge in [0.25, 0.3) is 0 Å². The summed E-state index contributed by atoms with van der Waals surface area (Å²) in [4.78, 5) is 0. The second kappa shape index (κ2) is 10.8. The smallest absolute Gasteiger partial charge is 0.164 e. The molecule has 3 rings (SSSR count). The molecule has 0 aliphatic heterocycles. The van der Waals surface area contributed by atoms with Crippen molar-refractivity contribution >= 4 is 6.08 Å². The van der Waals surface area contributed by atoms with Gasteiger partial charge >= 0.3 is 0 Å². The van der Waals surface area contributed by atoms with E-state index in [1.54, 1.807) is 42.7 Å². The van der Waals surface area contributed by atoms with Crippen LogP contribution in [0.2, 0.25) is 0 Å². The highest BCUT2D eigenvalue weighted by molar-refractivity contribution is 5.64. The molecule has 32 heavy (non-hydrogen) atoms. The van der Waals surface area contributed by atoms with Crippen LogP contribution >= 0.6 is 0 Å². The molecule has 6 nitrogen and oxygen atoms in total. The van der Waals surface area contributed by atoms with Gasteiger partial charge in [-0.25, -0.2) is 0 Å². The maximum absolute atomic E-state index is 5.70. The van der Waals surface area contributed by atoms with E-state index in [4.69, 9.17) is 28.4 Å². The van der Waals surface area contributed by atoms with E-state index in [-0.39, 0.29) is 11.8 Å². The molecular weight excluding hydrogens is 408 g/mol. The molecule has 0 aromatic heterocycles. The van der Waals surface area contributed by atoms with Crippen LogP contribution in [-0.4, -0.2) is 42.7 Å². The second-order valence-electron chi connectivity index (χ2n) is 7.45. The molecule has 2 aromatic carbocycles. The first-order valence-electron chi connectivity index (χ1n) is 10.5. The highest BCUT2D eigenvalue weighted by Gasteiger charge is 2.26. The Labute approximate surface area is 190 Å². The van der Waals surface area contributed by atoms with Gasteiger partial charge in [0.2, 0.25) is 0 Å². The molecule has 0 spiro atoms. The van der Waals surface area contributed by atoms with E-state index in [0.29, 0.717) is 23.0 Å². The molecule has 172 valence electrons. The van der Waals surface area contributed by atoms with Gasteiger partial charge in [0.05, 0.1) is 42.7 Å². The van der Waals surface area contributed by atoms with Gasteiger partial charge in [-0.1, -0.05) is 24.3 Å². The van der Waals surface area contributed by atoms with Gasteiger partial charge < -0.3 is 28.4 Å². The summed E-state index contributed by atoms with van der Waals surface area (Å²) in [6, 6.07) is 7.66. The predicted octanol–water partition coefficient (Wildman–Crippen LogP) is 5.50. The molecule has 0 N–H and O–H groups in total. The summed E-state index contributed by atoms with van der Waals surface area (Å²) >= 11 is 0. The average molecular weight is 441 g/mol. The van der Waals surface area contributed by atoms with Crippen molar-refractivity contribution in [1.82, 2.24) is 0 Å². The van der Waals surface area contributed by atoms with Crippen LogP contribution in [0.1, 0.15) is 29.9 Å². The predicted molar refractivity (Wildman–Crippen MR) is 126 cm³/mol. The van der Waals surface area contributed by atoms with E-state index >= 15 is 0 Å². The van der Waals surface area contributed by atoms with Crippen molar-refractivity contribution in [1.29, 1.82) is 0 Å². The SMILES string of the molecule is COc1cc(OC)c(OC)cc1/C=C/[C@@H]1CCC=C[C@H]1c1cc(OC)c(OC)cc1OC. The standard InChI is InChI=1S/C26H32O6/c1-27-21-15-25(31-5)23(29-3)13-18(21)12-11-17-9-7-8-10-19(17)20-14-24(30-4)26(32-6)16-22(20)28-2/h8,10-17,19H,7,9H2,1-6H3/b12-11+/t17-,19+/m0/s1. The monoisotopic (exact) mass is 440 g/mol. The summed E-state index contributed by atoms with van der Waals surface area (Å²) in [6.45, 7) is 0. The Morgan fingerprint density at radius 3 is 1.78 bits per heavy atom. The molecule has 0 saturated carbocycles. The molecule has 6 heteroatoms. The highest BCUT2D eigenvalue weighted by Crippen LogP contribution is 2.44. The summed E-state index contributed by atoms with van der Waals surface area (Å²) in [5.74, 6) is 4.55. The van der Waals surface area contributed by atoms with E-state index in [1.807, 2.05) is 24.3 Å². The van der Waals surface area contributed by atoms with Crippen molar-refractivity contribution in [3.05, 3.63) is 53.6 Å². The first-order valence-corrected chi connectivity index (χ1v) is 10.5. The van der Waals surface area contributed by atoms with E-state index < -0.39 is 0 Å². The van der Waals surface area contributed by atoms with Crippen LogP contribution in [-0.2, 0) is 0 Å². The number of rotatable bonds is 9. The molecule has 1 aliphatic carbocycles. The average Bonchev–Trinajstić information content (AvgIpc) is 2.86. The largest absolute Gasteiger partial charge is 0.496 e. The van der Waals surface area contributed by atoms with E-state index in [0.717, 1.165) is 35.5 Å². The fourth-order valence-electron chi connectivity index (χ4n) is 4.13. The van der Waals surface area contributed by atoms with Gasteiger partial charge in [-0.2, -0.15) is 0 Å². The van der Waals surface area contributed by atoms with Crippen molar-refractivity contribution in [2.45, 2.75) is 18.8 Å². The Balaban J connectivity index is 1.99. The normalized spacial score (nSPS) is 17.8. The molecule has 0 unspecified atom stereocenters.